The summed E-state index contributed by atoms with van der Waals surface area (Å²) in [6.45, 7) is 6.08. The molecule has 2 rings (SSSR count). The first kappa shape index (κ1) is 10.8. The van der Waals surface area contributed by atoms with E-state index in [0.717, 1.165) is 36.4 Å². The lowest BCUT2D eigenvalue weighted by atomic mass is 9.92. The molecule has 0 saturated carbocycles. The maximum Gasteiger partial charge on any atom is 0.176 e. The van der Waals surface area contributed by atoms with Gasteiger partial charge >= 0.3 is 0 Å². The van der Waals surface area contributed by atoms with E-state index >= 15 is 0 Å². The molecule has 1 fully saturated rings. The molecule has 82 valence electrons. The number of aryl methyl sites for hydroxylation is 2. The lowest BCUT2D eigenvalue weighted by molar-refractivity contribution is 0.0899. The van der Waals surface area contributed by atoms with Gasteiger partial charge in [-0.1, -0.05) is 0 Å². The van der Waals surface area contributed by atoms with Crippen LogP contribution in [0.4, 0.5) is 0 Å². The van der Waals surface area contributed by atoms with Crippen molar-refractivity contribution in [3.63, 3.8) is 0 Å². The summed E-state index contributed by atoms with van der Waals surface area (Å²) in [5.74, 6) is 0.620. The van der Waals surface area contributed by atoms with Crippen LogP contribution in [-0.2, 0) is 0 Å². The van der Waals surface area contributed by atoms with Gasteiger partial charge in [0.2, 0.25) is 0 Å². The van der Waals surface area contributed by atoms with Crippen LogP contribution in [0.5, 0.6) is 0 Å². The Labute approximate surface area is 94.7 Å². The third-order valence-corrected chi connectivity index (χ3v) is 4.14. The molecule has 1 aromatic heterocycles. The van der Waals surface area contributed by atoms with E-state index in [0.29, 0.717) is 5.78 Å². The van der Waals surface area contributed by atoms with Crippen LogP contribution in [-0.4, -0.2) is 18.9 Å². The lowest BCUT2D eigenvalue weighted by Crippen LogP contribution is -2.31. The Morgan fingerprint density at radius 1 is 1.40 bits per heavy atom. The molecule has 2 nitrogen and oxygen atoms in total. The minimum atomic E-state index is 0.253. The van der Waals surface area contributed by atoms with Crippen LogP contribution in [0.25, 0.3) is 0 Å². The molecular weight excluding hydrogens is 206 g/mol. The first-order valence-electron chi connectivity index (χ1n) is 5.50. The highest BCUT2D eigenvalue weighted by Gasteiger charge is 2.24. The number of ketones is 1. The fourth-order valence-electron chi connectivity index (χ4n) is 2.16. The average Bonchev–Trinajstić information content (AvgIpc) is 2.58. The maximum absolute atomic E-state index is 12.2. The van der Waals surface area contributed by atoms with Crippen LogP contribution < -0.4 is 5.32 Å². The second-order valence-corrected chi connectivity index (χ2v) is 5.51. The van der Waals surface area contributed by atoms with Crippen LogP contribution in [0, 0.1) is 19.8 Å². The fraction of sp³-hybridized carbons (Fsp3) is 0.583. The zero-order valence-corrected chi connectivity index (χ0v) is 10.1. The van der Waals surface area contributed by atoms with Crippen molar-refractivity contribution in [3.05, 3.63) is 21.4 Å². The third kappa shape index (κ3) is 2.29. The number of carbonyl (C=O) groups is 1. The third-order valence-electron chi connectivity index (χ3n) is 2.97. The smallest absolute Gasteiger partial charge is 0.176 e. The maximum atomic E-state index is 12.2. The van der Waals surface area contributed by atoms with Crippen LogP contribution in [0.15, 0.2) is 6.07 Å². The first-order chi connectivity index (χ1) is 7.18. The van der Waals surface area contributed by atoms with Crippen molar-refractivity contribution in [2.24, 2.45) is 5.92 Å². The topological polar surface area (TPSA) is 29.1 Å². The van der Waals surface area contributed by atoms with E-state index < -0.39 is 0 Å². The summed E-state index contributed by atoms with van der Waals surface area (Å²) in [6, 6.07) is 2.11. The van der Waals surface area contributed by atoms with Gasteiger partial charge in [0, 0.05) is 10.8 Å². The molecule has 0 amide bonds. The van der Waals surface area contributed by atoms with Gasteiger partial charge in [0.1, 0.15) is 0 Å². The van der Waals surface area contributed by atoms with E-state index in [2.05, 4.69) is 18.3 Å². The molecule has 1 saturated heterocycles. The Morgan fingerprint density at radius 3 is 2.60 bits per heavy atom. The molecule has 1 aliphatic rings. The summed E-state index contributed by atoms with van der Waals surface area (Å²) in [5.41, 5.74) is 1.15. The van der Waals surface area contributed by atoms with Crippen LogP contribution in [0.1, 0.15) is 33.0 Å². The average molecular weight is 223 g/mol. The standard InChI is InChI=1S/C12H17NOS/c1-8-7-9(2)15-12(8)11(14)10-3-5-13-6-4-10/h7,10,13H,3-6H2,1-2H3. The number of piperidine rings is 1. The molecule has 0 spiro atoms. The van der Waals surface area contributed by atoms with Gasteiger partial charge in [0.05, 0.1) is 4.88 Å². The van der Waals surface area contributed by atoms with Crippen molar-refractivity contribution >= 4 is 17.1 Å². The van der Waals surface area contributed by atoms with Crippen molar-refractivity contribution in [1.82, 2.24) is 5.32 Å². The highest BCUT2D eigenvalue weighted by Crippen LogP contribution is 2.26. The van der Waals surface area contributed by atoms with E-state index in [-0.39, 0.29) is 5.92 Å². The number of rotatable bonds is 2. The van der Waals surface area contributed by atoms with Gasteiger partial charge in [-0.25, -0.2) is 0 Å². The molecule has 0 atom stereocenters. The van der Waals surface area contributed by atoms with Crippen molar-refractivity contribution in [2.75, 3.05) is 13.1 Å². The number of carbonyl (C=O) groups excluding carboxylic acids is 1. The van der Waals surface area contributed by atoms with Gasteiger partial charge in [-0.3, -0.25) is 4.79 Å². The second-order valence-electron chi connectivity index (χ2n) is 4.26. The van der Waals surface area contributed by atoms with E-state index in [1.807, 2.05) is 6.92 Å². The molecule has 0 radical (unpaired) electrons. The second kappa shape index (κ2) is 4.45. The van der Waals surface area contributed by atoms with E-state index in [1.165, 1.54) is 4.88 Å². The minimum absolute atomic E-state index is 0.253. The molecule has 3 heteroatoms. The Hall–Kier alpha value is -0.670. The Kier molecular flexibility index (Phi) is 3.22. The summed E-state index contributed by atoms with van der Waals surface area (Å²) in [7, 11) is 0. The highest BCUT2D eigenvalue weighted by atomic mass is 32.1. The Balaban J connectivity index is 2.16. The van der Waals surface area contributed by atoms with E-state index in [4.69, 9.17) is 0 Å². The van der Waals surface area contributed by atoms with E-state index in [9.17, 15) is 4.79 Å². The fourth-order valence-corrected chi connectivity index (χ4v) is 3.20. The largest absolute Gasteiger partial charge is 0.317 e. The molecular formula is C12H17NOS. The molecule has 0 aromatic carbocycles. The quantitative estimate of drug-likeness (QED) is 0.781. The molecule has 1 N–H and O–H groups in total. The molecule has 15 heavy (non-hydrogen) atoms. The summed E-state index contributed by atoms with van der Waals surface area (Å²) < 4.78 is 0. The summed E-state index contributed by atoms with van der Waals surface area (Å²) >= 11 is 1.65. The SMILES string of the molecule is Cc1cc(C)c(C(=O)C2CCNCC2)s1. The normalized spacial score (nSPS) is 18.0. The molecule has 1 aliphatic heterocycles. The zero-order valence-electron chi connectivity index (χ0n) is 9.30. The van der Waals surface area contributed by atoms with Crippen LogP contribution in [0.3, 0.4) is 0 Å². The van der Waals surface area contributed by atoms with Gasteiger partial charge in [-0.05, 0) is 51.4 Å². The van der Waals surface area contributed by atoms with Crippen molar-refractivity contribution < 1.29 is 4.79 Å². The highest BCUT2D eigenvalue weighted by molar-refractivity contribution is 7.14. The Morgan fingerprint density at radius 2 is 2.07 bits per heavy atom. The van der Waals surface area contributed by atoms with Gasteiger partial charge in [-0.2, -0.15) is 0 Å². The van der Waals surface area contributed by atoms with Gasteiger partial charge < -0.3 is 5.32 Å². The van der Waals surface area contributed by atoms with E-state index in [1.54, 1.807) is 11.3 Å². The summed E-state index contributed by atoms with van der Waals surface area (Å²) in [4.78, 5) is 14.4. The predicted octanol–water partition coefficient (Wildman–Crippen LogP) is 2.55. The van der Waals surface area contributed by atoms with Crippen molar-refractivity contribution in [3.8, 4) is 0 Å². The summed E-state index contributed by atoms with van der Waals surface area (Å²) in [5, 5.41) is 3.29. The lowest BCUT2D eigenvalue weighted by Gasteiger charge is -2.21. The number of hydrogen-bond donors (Lipinski definition) is 1. The van der Waals surface area contributed by atoms with Crippen molar-refractivity contribution in [1.29, 1.82) is 0 Å². The molecule has 2 heterocycles. The molecule has 0 bridgehead atoms. The van der Waals surface area contributed by atoms with Crippen LogP contribution >= 0.6 is 11.3 Å². The molecule has 0 unspecified atom stereocenters. The molecule has 1 aromatic rings. The summed E-state index contributed by atoms with van der Waals surface area (Å²) in [6.07, 6.45) is 1.99. The van der Waals surface area contributed by atoms with Crippen molar-refractivity contribution in [2.45, 2.75) is 26.7 Å². The van der Waals surface area contributed by atoms with Gasteiger partial charge in [0.15, 0.2) is 5.78 Å². The number of thiophene rings is 1. The number of Topliss-reactive ketones (excluding diaryl/α,β-unsaturated/α-hetero) is 1. The zero-order chi connectivity index (χ0) is 10.8. The number of hydrogen-bond acceptors (Lipinski definition) is 3. The minimum Gasteiger partial charge on any atom is -0.317 e. The van der Waals surface area contributed by atoms with Crippen LogP contribution in [0.2, 0.25) is 0 Å². The number of nitrogens with one attached hydrogen (secondary N) is 1. The predicted molar refractivity (Wildman–Crippen MR) is 63.7 cm³/mol. The monoisotopic (exact) mass is 223 g/mol. The first-order valence-corrected chi connectivity index (χ1v) is 6.32. The Bertz CT molecular complexity index is 364. The molecule has 0 aliphatic carbocycles. The van der Waals surface area contributed by atoms with Gasteiger partial charge in [-0.15, -0.1) is 11.3 Å². The van der Waals surface area contributed by atoms with Gasteiger partial charge in [0.25, 0.3) is 0 Å².